The van der Waals surface area contributed by atoms with Gasteiger partial charge in [-0.05, 0) is 76.5 Å². The molecule has 0 N–H and O–H groups in total. The Morgan fingerprint density at radius 1 is 1.03 bits per heavy atom. The molecule has 0 spiro atoms. The zero-order valence-corrected chi connectivity index (χ0v) is 19.3. The number of rotatable bonds is 12. The van der Waals surface area contributed by atoms with Crippen LogP contribution in [0, 0.1) is 11.8 Å². The Bertz CT molecular complexity index is 621. The van der Waals surface area contributed by atoms with E-state index in [9.17, 15) is 4.79 Å². The van der Waals surface area contributed by atoms with Crippen molar-refractivity contribution in [3.05, 3.63) is 12.2 Å². The SMILES string of the molecule is C=C(C)C(=O)OC12CC3CC(CC(OCCCCCC4(CCCC)CCO4)(C3)C1)C2. The number of carbonyl (C=O) groups excluding carboxylic acids is 1. The Labute approximate surface area is 183 Å². The molecular formula is C26H42O4. The van der Waals surface area contributed by atoms with Crippen LogP contribution in [-0.4, -0.2) is 36.0 Å². The summed E-state index contributed by atoms with van der Waals surface area (Å²) < 4.78 is 18.6. The van der Waals surface area contributed by atoms with Crippen molar-refractivity contribution in [3.63, 3.8) is 0 Å². The molecule has 5 rings (SSSR count). The molecule has 5 fully saturated rings. The maximum atomic E-state index is 12.3. The van der Waals surface area contributed by atoms with Gasteiger partial charge in [-0.1, -0.05) is 39.2 Å². The molecule has 0 aromatic carbocycles. The molecule has 1 heterocycles. The van der Waals surface area contributed by atoms with Gasteiger partial charge in [0.25, 0.3) is 0 Å². The quantitative estimate of drug-likeness (QED) is 0.217. The molecule has 3 atom stereocenters. The van der Waals surface area contributed by atoms with Crippen molar-refractivity contribution in [2.45, 2.75) is 121 Å². The predicted molar refractivity (Wildman–Crippen MR) is 118 cm³/mol. The first kappa shape index (κ1) is 22.3. The second-order valence-corrected chi connectivity index (χ2v) is 11.0. The Morgan fingerprint density at radius 3 is 2.30 bits per heavy atom. The highest BCUT2D eigenvalue weighted by Gasteiger charge is 2.60. The van der Waals surface area contributed by atoms with E-state index in [1.165, 1.54) is 51.4 Å². The van der Waals surface area contributed by atoms with Crippen molar-refractivity contribution >= 4 is 5.97 Å². The second-order valence-electron chi connectivity index (χ2n) is 11.0. The molecule has 4 saturated carbocycles. The Hall–Kier alpha value is -0.870. The third-order valence-electron chi connectivity index (χ3n) is 8.25. The average Bonchev–Trinajstić information content (AvgIpc) is 2.64. The monoisotopic (exact) mass is 418 g/mol. The van der Waals surface area contributed by atoms with Crippen LogP contribution in [0.1, 0.15) is 104 Å². The number of unbranched alkanes of at least 4 members (excludes halogenated alkanes) is 3. The van der Waals surface area contributed by atoms with E-state index in [0.29, 0.717) is 17.4 Å². The van der Waals surface area contributed by atoms with Gasteiger partial charge in [-0.3, -0.25) is 0 Å². The van der Waals surface area contributed by atoms with Gasteiger partial charge in [0.1, 0.15) is 5.60 Å². The molecule has 0 aromatic heterocycles. The fourth-order valence-corrected chi connectivity index (χ4v) is 7.09. The van der Waals surface area contributed by atoms with Crippen molar-refractivity contribution in [2.24, 2.45) is 11.8 Å². The van der Waals surface area contributed by atoms with Gasteiger partial charge in [0.2, 0.25) is 0 Å². The maximum absolute atomic E-state index is 12.3. The lowest BCUT2D eigenvalue weighted by molar-refractivity contribution is -0.232. The number of ether oxygens (including phenoxy) is 3. The number of esters is 1. The molecule has 170 valence electrons. The summed E-state index contributed by atoms with van der Waals surface area (Å²) in [6, 6.07) is 0. The first-order chi connectivity index (χ1) is 14.4. The Morgan fingerprint density at radius 2 is 1.70 bits per heavy atom. The first-order valence-electron chi connectivity index (χ1n) is 12.5. The van der Waals surface area contributed by atoms with E-state index in [4.69, 9.17) is 14.2 Å². The minimum absolute atomic E-state index is 0.0567. The van der Waals surface area contributed by atoms with Gasteiger partial charge in [0.15, 0.2) is 0 Å². The number of hydrogen-bond donors (Lipinski definition) is 0. The highest BCUT2D eigenvalue weighted by Crippen LogP contribution is 2.60. The Kier molecular flexibility index (Phi) is 6.65. The van der Waals surface area contributed by atoms with Crippen molar-refractivity contribution in [2.75, 3.05) is 13.2 Å². The summed E-state index contributed by atoms with van der Waals surface area (Å²) >= 11 is 0. The largest absolute Gasteiger partial charge is 0.456 e. The van der Waals surface area contributed by atoms with Crippen LogP contribution in [0.2, 0.25) is 0 Å². The van der Waals surface area contributed by atoms with Gasteiger partial charge >= 0.3 is 5.97 Å². The first-order valence-corrected chi connectivity index (χ1v) is 12.5. The van der Waals surface area contributed by atoms with E-state index >= 15 is 0 Å². The second kappa shape index (κ2) is 8.94. The zero-order valence-electron chi connectivity index (χ0n) is 19.3. The molecule has 0 radical (unpaired) electrons. The van der Waals surface area contributed by atoms with Crippen molar-refractivity contribution in [3.8, 4) is 0 Å². The molecule has 0 amide bonds. The third kappa shape index (κ3) is 4.80. The van der Waals surface area contributed by atoms with Crippen molar-refractivity contribution < 1.29 is 19.0 Å². The molecule has 4 aliphatic carbocycles. The van der Waals surface area contributed by atoms with Gasteiger partial charge in [-0.25, -0.2) is 4.79 Å². The summed E-state index contributed by atoms with van der Waals surface area (Å²) in [5.74, 6) is 1.08. The normalized spacial score (nSPS) is 39.0. The molecule has 0 aromatic rings. The van der Waals surface area contributed by atoms with Crippen LogP contribution in [0.4, 0.5) is 0 Å². The van der Waals surface area contributed by atoms with Crippen LogP contribution in [0.25, 0.3) is 0 Å². The third-order valence-corrected chi connectivity index (χ3v) is 8.25. The average molecular weight is 419 g/mol. The molecule has 1 saturated heterocycles. The maximum Gasteiger partial charge on any atom is 0.333 e. The molecule has 5 aliphatic rings. The van der Waals surface area contributed by atoms with Crippen LogP contribution in [0.5, 0.6) is 0 Å². The minimum atomic E-state index is -0.298. The molecule has 3 unspecified atom stereocenters. The molecule has 4 nitrogen and oxygen atoms in total. The van der Waals surface area contributed by atoms with Crippen LogP contribution in [0.15, 0.2) is 12.2 Å². The highest BCUT2D eigenvalue weighted by atomic mass is 16.6. The van der Waals surface area contributed by atoms with Crippen LogP contribution < -0.4 is 0 Å². The summed E-state index contributed by atoms with van der Waals surface area (Å²) in [7, 11) is 0. The number of carbonyl (C=O) groups is 1. The number of hydrogen-bond acceptors (Lipinski definition) is 4. The smallest absolute Gasteiger partial charge is 0.333 e. The van der Waals surface area contributed by atoms with Crippen molar-refractivity contribution in [1.29, 1.82) is 0 Å². The van der Waals surface area contributed by atoms with Crippen LogP contribution in [0.3, 0.4) is 0 Å². The highest BCUT2D eigenvalue weighted by molar-refractivity contribution is 5.87. The van der Waals surface area contributed by atoms with E-state index in [1.807, 2.05) is 0 Å². The molecular weight excluding hydrogens is 376 g/mol. The van der Waals surface area contributed by atoms with Crippen LogP contribution in [-0.2, 0) is 19.0 Å². The van der Waals surface area contributed by atoms with E-state index < -0.39 is 0 Å². The fraction of sp³-hybridized carbons (Fsp3) is 0.885. The molecule has 30 heavy (non-hydrogen) atoms. The van der Waals surface area contributed by atoms with Crippen molar-refractivity contribution in [1.82, 2.24) is 0 Å². The summed E-state index contributed by atoms with van der Waals surface area (Å²) in [5.41, 5.74) is 0.357. The van der Waals surface area contributed by atoms with E-state index in [0.717, 1.165) is 51.7 Å². The predicted octanol–water partition coefficient (Wildman–Crippen LogP) is 6.12. The van der Waals surface area contributed by atoms with Crippen LogP contribution >= 0.6 is 0 Å². The summed E-state index contributed by atoms with van der Waals surface area (Å²) in [5, 5.41) is 0. The lowest BCUT2D eigenvalue weighted by Crippen LogP contribution is -2.61. The summed E-state index contributed by atoms with van der Waals surface area (Å²) in [6.45, 7) is 9.58. The van der Waals surface area contributed by atoms with Gasteiger partial charge in [-0.15, -0.1) is 0 Å². The van der Waals surface area contributed by atoms with E-state index in [2.05, 4.69) is 13.5 Å². The summed E-state index contributed by atoms with van der Waals surface area (Å²) in [6.07, 6.45) is 16.4. The van der Waals surface area contributed by atoms with Gasteiger partial charge in [-0.2, -0.15) is 0 Å². The topological polar surface area (TPSA) is 44.8 Å². The van der Waals surface area contributed by atoms with Gasteiger partial charge in [0.05, 0.1) is 17.8 Å². The summed E-state index contributed by atoms with van der Waals surface area (Å²) in [4.78, 5) is 12.3. The van der Waals surface area contributed by atoms with Gasteiger partial charge < -0.3 is 14.2 Å². The van der Waals surface area contributed by atoms with E-state index in [1.54, 1.807) is 6.92 Å². The Balaban J connectivity index is 1.23. The van der Waals surface area contributed by atoms with E-state index in [-0.39, 0.29) is 22.8 Å². The van der Waals surface area contributed by atoms with Gasteiger partial charge in [0, 0.05) is 18.6 Å². The standard InChI is InChI=1S/C26H42O4/c1-4-5-9-24(11-13-29-24)10-7-6-8-12-28-25-15-21-14-22(16-25)18-26(17-21,19-25)30-23(27)20(2)3/h21-22H,2,4-19H2,1,3H3. The zero-order chi connectivity index (χ0) is 21.2. The molecule has 4 bridgehead atoms. The molecule has 1 aliphatic heterocycles. The fourth-order valence-electron chi connectivity index (χ4n) is 7.09. The lowest BCUT2D eigenvalue weighted by atomic mass is 9.52. The minimum Gasteiger partial charge on any atom is -0.456 e. The lowest BCUT2D eigenvalue weighted by Gasteiger charge is -2.60. The molecule has 4 heteroatoms.